The molecule has 21 heavy (non-hydrogen) atoms. The van der Waals surface area contributed by atoms with Crippen LogP contribution in [0, 0.1) is 5.82 Å². The molecule has 0 saturated carbocycles. The number of rotatable bonds is 5. The number of hydrogen-bond donors (Lipinski definition) is 1. The van der Waals surface area contributed by atoms with Gasteiger partial charge in [-0.25, -0.2) is 4.39 Å². The second-order valence-electron chi connectivity index (χ2n) is 4.89. The van der Waals surface area contributed by atoms with Crippen LogP contribution in [0.3, 0.4) is 0 Å². The molecular formula is C17H16FN3. The van der Waals surface area contributed by atoms with Crippen molar-refractivity contribution in [1.82, 2.24) is 9.78 Å². The van der Waals surface area contributed by atoms with Crippen LogP contribution < -0.4 is 5.32 Å². The van der Waals surface area contributed by atoms with Crippen LogP contribution in [0.25, 0.3) is 0 Å². The SMILES string of the molecule is Fc1cccc(CNc2cccc(Cn3cccn3)c2)c1. The first-order valence-corrected chi connectivity index (χ1v) is 6.84. The standard InChI is InChI=1S/C17H16FN3/c18-16-6-1-4-14(10-16)12-19-17-7-2-5-15(11-17)13-21-9-3-8-20-21/h1-11,19H,12-13H2. The number of aromatic nitrogens is 2. The molecule has 0 aliphatic heterocycles. The largest absolute Gasteiger partial charge is 0.381 e. The van der Waals surface area contributed by atoms with Gasteiger partial charge in [-0.05, 0) is 41.5 Å². The number of nitrogens with zero attached hydrogens (tertiary/aromatic N) is 2. The molecule has 3 aromatic rings. The number of halogens is 1. The van der Waals surface area contributed by atoms with Gasteiger partial charge in [0, 0.05) is 24.6 Å². The zero-order chi connectivity index (χ0) is 14.5. The van der Waals surface area contributed by atoms with Gasteiger partial charge in [0.2, 0.25) is 0 Å². The van der Waals surface area contributed by atoms with Crippen LogP contribution >= 0.6 is 0 Å². The molecule has 0 aliphatic rings. The second-order valence-corrected chi connectivity index (χ2v) is 4.89. The first kappa shape index (κ1) is 13.4. The van der Waals surface area contributed by atoms with E-state index in [1.165, 1.54) is 11.6 Å². The molecule has 0 spiro atoms. The van der Waals surface area contributed by atoms with Crippen molar-refractivity contribution in [2.75, 3.05) is 5.32 Å². The highest BCUT2D eigenvalue weighted by molar-refractivity contribution is 5.46. The summed E-state index contributed by atoms with van der Waals surface area (Å²) in [5.41, 5.74) is 3.11. The third-order valence-corrected chi connectivity index (χ3v) is 3.22. The van der Waals surface area contributed by atoms with E-state index in [9.17, 15) is 4.39 Å². The normalized spacial score (nSPS) is 10.5. The van der Waals surface area contributed by atoms with E-state index in [1.54, 1.807) is 18.3 Å². The Morgan fingerprint density at radius 2 is 1.86 bits per heavy atom. The summed E-state index contributed by atoms with van der Waals surface area (Å²) < 4.78 is 15.0. The first-order chi connectivity index (χ1) is 10.3. The average Bonchev–Trinajstić information content (AvgIpc) is 2.99. The molecule has 0 radical (unpaired) electrons. The van der Waals surface area contributed by atoms with Crippen molar-refractivity contribution in [2.45, 2.75) is 13.1 Å². The van der Waals surface area contributed by atoms with Crippen molar-refractivity contribution in [2.24, 2.45) is 0 Å². The third-order valence-electron chi connectivity index (χ3n) is 3.22. The average molecular weight is 281 g/mol. The number of anilines is 1. The molecular weight excluding hydrogens is 265 g/mol. The lowest BCUT2D eigenvalue weighted by Crippen LogP contribution is -2.02. The van der Waals surface area contributed by atoms with E-state index in [-0.39, 0.29) is 5.82 Å². The monoisotopic (exact) mass is 281 g/mol. The van der Waals surface area contributed by atoms with Gasteiger partial charge in [-0.15, -0.1) is 0 Å². The molecule has 0 bridgehead atoms. The summed E-state index contributed by atoms with van der Waals surface area (Å²) in [4.78, 5) is 0. The van der Waals surface area contributed by atoms with E-state index in [2.05, 4.69) is 22.5 Å². The van der Waals surface area contributed by atoms with Crippen molar-refractivity contribution >= 4 is 5.69 Å². The fourth-order valence-electron chi connectivity index (χ4n) is 2.21. The molecule has 0 unspecified atom stereocenters. The van der Waals surface area contributed by atoms with Gasteiger partial charge in [0.1, 0.15) is 5.82 Å². The Morgan fingerprint density at radius 3 is 2.67 bits per heavy atom. The van der Waals surface area contributed by atoms with Gasteiger partial charge in [0.05, 0.1) is 6.54 Å². The van der Waals surface area contributed by atoms with Crippen LogP contribution in [-0.2, 0) is 13.1 Å². The molecule has 4 heteroatoms. The molecule has 0 amide bonds. The minimum atomic E-state index is -0.207. The lowest BCUT2D eigenvalue weighted by Gasteiger charge is -2.09. The number of hydrogen-bond acceptors (Lipinski definition) is 2. The van der Waals surface area contributed by atoms with Crippen molar-refractivity contribution < 1.29 is 4.39 Å². The van der Waals surface area contributed by atoms with Gasteiger partial charge < -0.3 is 5.32 Å². The van der Waals surface area contributed by atoms with Gasteiger partial charge >= 0.3 is 0 Å². The van der Waals surface area contributed by atoms with Crippen LogP contribution in [-0.4, -0.2) is 9.78 Å². The highest BCUT2D eigenvalue weighted by atomic mass is 19.1. The molecule has 3 nitrogen and oxygen atoms in total. The smallest absolute Gasteiger partial charge is 0.123 e. The number of benzene rings is 2. The topological polar surface area (TPSA) is 29.9 Å². The molecule has 1 aromatic heterocycles. The maximum Gasteiger partial charge on any atom is 0.123 e. The van der Waals surface area contributed by atoms with Crippen LogP contribution in [0.15, 0.2) is 67.0 Å². The van der Waals surface area contributed by atoms with Gasteiger partial charge in [-0.2, -0.15) is 5.10 Å². The lowest BCUT2D eigenvalue weighted by atomic mass is 10.2. The zero-order valence-electron chi connectivity index (χ0n) is 11.5. The number of nitrogens with one attached hydrogen (secondary N) is 1. The Bertz CT molecular complexity index is 708. The van der Waals surface area contributed by atoms with Gasteiger partial charge in [0.15, 0.2) is 0 Å². The van der Waals surface area contributed by atoms with E-state index in [0.717, 1.165) is 17.8 Å². The van der Waals surface area contributed by atoms with E-state index in [0.29, 0.717) is 6.54 Å². The first-order valence-electron chi connectivity index (χ1n) is 6.84. The molecule has 0 fully saturated rings. The fraction of sp³-hybridized carbons (Fsp3) is 0.118. The maximum atomic E-state index is 13.1. The van der Waals surface area contributed by atoms with E-state index >= 15 is 0 Å². The molecule has 0 aliphatic carbocycles. The highest BCUT2D eigenvalue weighted by Gasteiger charge is 1.99. The quantitative estimate of drug-likeness (QED) is 0.773. The minimum absolute atomic E-state index is 0.207. The minimum Gasteiger partial charge on any atom is -0.381 e. The summed E-state index contributed by atoms with van der Waals surface area (Å²) in [5, 5.41) is 7.51. The summed E-state index contributed by atoms with van der Waals surface area (Å²) in [6.07, 6.45) is 3.71. The Balaban J connectivity index is 1.66. The van der Waals surface area contributed by atoms with Crippen LogP contribution in [0.2, 0.25) is 0 Å². The van der Waals surface area contributed by atoms with E-state index in [4.69, 9.17) is 0 Å². The third kappa shape index (κ3) is 3.69. The molecule has 1 heterocycles. The fourth-order valence-corrected chi connectivity index (χ4v) is 2.21. The Kier molecular flexibility index (Phi) is 3.96. The van der Waals surface area contributed by atoms with Gasteiger partial charge in [0.25, 0.3) is 0 Å². The second kappa shape index (κ2) is 6.22. The summed E-state index contributed by atoms with van der Waals surface area (Å²) in [6, 6.07) is 16.7. The van der Waals surface area contributed by atoms with Gasteiger partial charge in [-0.1, -0.05) is 24.3 Å². The predicted octanol–water partition coefficient (Wildman–Crippen LogP) is 3.68. The summed E-state index contributed by atoms with van der Waals surface area (Å²) in [6.45, 7) is 1.34. The molecule has 106 valence electrons. The van der Waals surface area contributed by atoms with Crippen molar-refractivity contribution in [3.05, 3.63) is 83.9 Å². The zero-order valence-corrected chi connectivity index (χ0v) is 11.5. The van der Waals surface area contributed by atoms with E-state index in [1.807, 2.05) is 35.1 Å². The summed E-state index contributed by atoms with van der Waals surface area (Å²) >= 11 is 0. The summed E-state index contributed by atoms with van der Waals surface area (Å²) in [5.74, 6) is -0.207. The summed E-state index contributed by atoms with van der Waals surface area (Å²) in [7, 11) is 0. The van der Waals surface area contributed by atoms with Gasteiger partial charge in [-0.3, -0.25) is 4.68 Å². The Labute approximate surface area is 123 Å². The molecule has 0 atom stereocenters. The molecule has 0 saturated heterocycles. The van der Waals surface area contributed by atoms with Crippen molar-refractivity contribution in [1.29, 1.82) is 0 Å². The molecule has 2 aromatic carbocycles. The van der Waals surface area contributed by atoms with Crippen LogP contribution in [0.5, 0.6) is 0 Å². The lowest BCUT2D eigenvalue weighted by molar-refractivity contribution is 0.626. The van der Waals surface area contributed by atoms with Crippen molar-refractivity contribution in [3.8, 4) is 0 Å². The Morgan fingerprint density at radius 1 is 1.00 bits per heavy atom. The molecule has 3 rings (SSSR count). The highest BCUT2D eigenvalue weighted by Crippen LogP contribution is 2.13. The van der Waals surface area contributed by atoms with Crippen LogP contribution in [0.4, 0.5) is 10.1 Å². The van der Waals surface area contributed by atoms with Crippen LogP contribution in [0.1, 0.15) is 11.1 Å². The Hall–Kier alpha value is -2.62. The molecule has 1 N–H and O–H groups in total. The maximum absolute atomic E-state index is 13.1. The van der Waals surface area contributed by atoms with Crippen molar-refractivity contribution in [3.63, 3.8) is 0 Å². The van der Waals surface area contributed by atoms with E-state index < -0.39 is 0 Å². The predicted molar refractivity (Wildman–Crippen MR) is 81.5 cm³/mol.